The summed E-state index contributed by atoms with van der Waals surface area (Å²) in [5.41, 5.74) is 1.20. The summed E-state index contributed by atoms with van der Waals surface area (Å²) in [6.07, 6.45) is 4.87. The summed E-state index contributed by atoms with van der Waals surface area (Å²) in [5.74, 6) is 0.733. The average molecular weight is 292 g/mol. The van der Waals surface area contributed by atoms with Crippen LogP contribution in [0.5, 0.6) is 0 Å². The molecule has 0 amide bonds. The number of hydrogen-bond donors (Lipinski definition) is 1. The second kappa shape index (κ2) is 8.50. The summed E-state index contributed by atoms with van der Waals surface area (Å²) in [6, 6.07) is 7.31. The lowest BCUT2D eigenvalue weighted by Crippen LogP contribution is -2.29. The van der Waals surface area contributed by atoms with E-state index in [1.807, 2.05) is 12.1 Å². The molecule has 1 aromatic rings. The minimum atomic E-state index is -0.154. The maximum atomic E-state index is 13.1. The highest BCUT2D eigenvalue weighted by Gasteiger charge is 2.21. The van der Waals surface area contributed by atoms with Gasteiger partial charge in [-0.3, -0.25) is 0 Å². The summed E-state index contributed by atoms with van der Waals surface area (Å²) < 4.78 is 13.1. The van der Waals surface area contributed by atoms with E-state index in [1.165, 1.54) is 31.5 Å². The van der Waals surface area contributed by atoms with Crippen LogP contribution in [0.3, 0.4) is 0 Å². The molecule has 1 N–H and O–H groups in total. The van der Waals surface area contributed by atoms with Crippen LogP contribution >= 0.6 is 0 Å². The van der Waals surface area contributed by atoms with Crippen molar-refractivity contribution in [2.45, 2.75) is 45.6 Å². The first-order chi connectivity index (χ1) is 10.2. The van der Waals surface area contributed by atoms with Crippen molar-refractivity contribution in [1.82, 2.24) is 10.2 Å². The van der Waals surface area contributed by atoms with Gasteiger partial charge < -0.3 is 10.2 Å². The highest BCUT2D eigenvalue weighted by atomic mass is 19.1. The lowest BCUT2D eigenvalue weighted by atomic mass is 10.0. The summed E-state index contributed by atoms with van der Waals surface area (Å²) in [7, 11) is 0. The molecule has 1 aliphatic heterocycles. The van der Waals surface area contributed by atoms with Crippen molar-refractivity contribution >= 4 is 0 Å². The van der Waals surface area contributed by atoms with Crippen LogP contribution in [-0.2, 0) is 0 Å². The van der Waals surface area contributed by atoms with Crippen LogP contribution < -0.4 is 5.32 Å². The highest BCUT2D eigenvalue weighted by Crippen LogP contribution is 2.22. The Hall–Kier alpha value is -0.930. The molecule has 0 spiro atoms. The largest absolute Gasteiger partial charge is 0.310 e. The number of nitrogens with zero attached hydrogens (tertiary/aromatic N) is 1. The van der Waals surface area contributed by atoms with Crippen LogP contribution in [0, 0.1) is 11.7 Å². The first kappa shape index (κ1) is 16.4. The summed E-state index contributed by atoms with van der Waals surface area (Å²) in [4.78, 5) is 2.58. The average Bonchev–Trinajstić information content (AvgIpc) is 2.97. The monoisotopic (exact) mass is 292 g/mol. The summed E-state index contributed by atoms with van der Waals surface area (Å²) in [6.45, 7) is 9.11. The van der Waals surface area contributed by atoms with Gasteiger partial charge in [0.1, 0.15) is 5.82 Å². The predicted octanol–water partition coefficient (Wildman–Crippen LogP) is 3.99. The molecule has 1 aromatic carbocycles. The predicted molar refractivity (Wildman–Crippen MR) is 86.9 cm³/mol. The maximum absolute atomic E-state index is 13.1. The van der Waals surface area contributed by atoms with Crippen molar-refractivity contribution in [2.75, 3.05) is 26.2 Å². The van der Waals surface area contributed by atoms with E-state index in [9.17, 15) is 4.39 Å². The summed E-state index contributed by atoms with van der Waals surface area (Å²) >= 11 is 0. The Bertz CT molecular complexity index is 404. The van der Waals surface area contributed by atoms with Gasteiger partial charge in [-0.2, -0.15) is 0 Å². The minimum Gasteiger partial charge on any atom is -0.310 e. The van der Waals surface area contributed by atoms with Crippen LogP contribution in [0.25, 0.3) is 0 Å². The molecule has 21 heavy (non-hydrogen) atoms. The first-order valence-electron chi connectivity index (χ1n) is 8.44. The second-order valence-electron chi connectivity index (χ2n) is 6.21. The molecule has 1 aliphatic rings. The Kier molecular flexibility index (Phi) is 6.65. The molecule has 1 fully saturated rings. The van der Waals surface area contributed by atoms with Crippen molar-refractivity contribution in [3.05, 3.63) is 35.6 Å². The Morgan fingerprint density at radius 3 is 2.67 bits per heavy atom. The normalized spacial score (nSPS) is 20.8. The van der Waals surface area contributed by atoms with E-state index in [2.05, 4.69) is 24.1 Å². The van der Waals surface area contributed by atoms with E-state index in [1.54, 1.807) is 12.1 Å². The molecule has 2 unspecified atom stereocenters. The molecule has 2 nitrogen and oxygen atoms in total. The molecular weight excluding hydrogens is 263 g/mol. The number of benzene rings is 1. The van der Waals surface area contributed by atoms with Gasteiger partial charge in [-0.15, -0.1) is 0 Å². The molecule has 3 heteroatoms. The lowest BCUT2D eigenvalue weighted by molar-refractivity contribution is 0.298. The zero-order chi connectivity index (χ0) is 15.1. The van der Waals surface area contributed by atoms with Gasteiger partial charge in [-0.05, 0) is 62.5 Å². The van der Waals surface area contributed by atoms with Crippen molar-refractivity contribution in [3.63, 3.8) is 0 Å². The molecule has 0 saturated carbocycles. The van der Waals surface area contributed by atoms with E-state index in [0.29, 0.717) is 6.04 Å². The van der Waals surface area contributed by atoms with E-state index >= 15 is 0 Å². The van der Waals surface area contributed by atoms with Crippen LogP contribution in [0.1, 0.15) is 51.1 Å². The van der Waals surface area contributed by atoms with Crippen molar-refractivity contribution in [2.24, 2.45) is 5.92 Å². The van der Waals surface area contributed by atoms with Gasteiger partial charge in [0.25, 0.3) is 0 Å². The third-order valence-electron chi connectivity index (χ3n) is 4.59. The molecule has 0 aromatic heterocycles. The fourth-order valence-corrected chi connectivity index (χ4v) is 3.16. The quantitative estimate of drug-likeness (QED) is 0.779. The van der Waals surface area contributed by atoms with E-state index in [0.717, 1.165) is 31.8 Å². The van der Waals surface area contributed by atoms with Crippen molar-refractivity contribution < 1.29 is 4.39 Å². The van der Waals surface area contributed by atoms with Gasteiger partial charge in [0, 0.05) is 12.6 Å². The minimum absolute atomic E-state index is 0.154. The lowest BCUT2D eigenvalue weighted by Gasteiger charge is -2.23. The van der Waals surface area contributed by atoms with Crippen molar-refractivity contribution in [3.8, 4) is 0 Å². The third-order valence-corrected chi connectivity index (χ3v) is 4.59. The number of halogens is 1. The Balaban J connectivity index is 1.89. The third kappa shape index (κ3) is 5.08. The molecule has 1 heterocycles. The molecule has 118 valence electrons. The van der Waals surface area contributed by atoms with Gasteiger partial charge in [0.15, 0.2) is 0 Å². The zero-order valence-corrected chi connectivity index (χ0v) is 13.4. The van der Waals surface area contributed by atoms with Gasteiger partial charge in [0.2, 0.25) is 0 Å². The molecular formula is C18H29FN2. The smallest absolute Gasteiger partial charge is 0.123 e. The SMILES string of the molecule is CCCNC(CCN1CCC(CC)C1)c1ccc(F)cc1. The van der Waals surface area contributed by atoms with Crippen LogP contribution in [0.4, 0.5) is 4.39 Å². The maximum Gasteiger partial charge on any atom is 0.123 e. The molecule has 2 atom stereocenters. The van der Waals surface area contributed by atoms with Gasteiger partial charge in [-0.1, -0.05) is 32.4 Å². The zero-order valence-electron chi connectivity index (χ0n) is 13.4. The van der Waals surface area contributed by atoms with Crippen LogP contribution in [-0.4, -0.2) is 31.1 Å². The van der Waals surface area contributed by atoms with E-state index in [-0.39, 0.29) is 5.82 Å². The van der Waals surface area contributed by atoms with Gasteiger partial charge in [0.05, 0.1) is 0 Å². The fourth-order valence-electron chi connectivity index (χ4n) is 3.16. The molecule has 0 bridgehead atoms. The summed E-state index contributed by atoms with van der Waals surface area (Å²) in [5, 5.41) is 3.61. The number of nitrogens with one attached hydrogen (secondary N) is 1. The molecule has 1 saturated heterocycles. The standard InChI is InChI=1S/C18H29FN2/c1-3-11-20-18(16-5-7-17(19)8-6-16)10-13-21-12-9-15(4-2)14-21/h5-8,15,18,20H,3-4,9-14H2,1-2H3. The van der Waals surface area contributed by atoms with Gasteiger partial charge >= 0.3 is 0 Å². The van der Waals surface area contributed by atoms with Crippen molar-refractivity contribution in [1.29, 1.82) is 0 Å². The Labute approximate surface area is 128 Å². The first-order valence-corrected chi connectivity index (χ1v) is 8.44. The number of likely N-dealkylation sites (tertiary alicyclic amines) is 1. The Morgan fingerprint density at radius 2 is 2.05 bits per heavy atom. The molecule has 0 radical (unpaired) electrons. The van der Waals surface area contributed by atoms with E-state index < -0.39 is 0 Å². The molecule has 0 aliphatic carbocycles. The Morgan fingerprint density at radius 1 is 1.29 bits per heavy atom. The van der Waals surface area contributed by atoms with Crippen LogP contribution in [0.15, 0.2) is 24.3 Å². The fraction of sp³-hybridized carbons (Fsp3) is 0.667. The second-order valence-corrected chi connectivity index (χ2v) is 6.21. The highest BCUT2D eigenvalue weighted by molar-refractivity contribution is 5.20. The topological polar surface area (TPSA) is 15.3 Å². The van der Waals surface area contributed by atoms with E-state index in [4.69, 9.17) is 0 Å². The molecule has 2 rings (SSSR count). The van der Waals surface area contributed by atoms with Gasteiger partial charge in [-0.25, -0.2) is 4.39 Å². The van der Waals surface area contributed by atoms with Crippen LogP contribution in [0.2, 0.25) is 0 Å². The number of hydrogen-bond acceptors (Lipinski definition) is 2. The number of rotatable bonds is 8.